The lowest BCUT2D eigenvalue weighted by atomic mass is 9.84. The lowest BCUT2D eigenvalue weighted by Gasteiger charge is -2.23. The maximum atomic E-state index is 9.44. The van der Waals surface area contributed by atoms with Crippen LogP contribution in [0.15, 0.2) is 48.9 Å². The molecule has 0 N–H and O–H groups in total. The highest BCUT2D eigenvalue weighted by Crippen LogP contribution is 2.35. The molecule has 0 aliphatic carbocycles. The zero-order valence-corrected chi connectivity index (χ0v) is 19.9. The number of aryl methyl sites for hydroxylation is 2. The third-order valence-corrected chi connectivity index (χ3v) is 6.44. The quantitative estimate of drug-likeness (QED) is 0.439. The van der Waals surface area contributed by atoms with Crippen LogP contribution in [0.25, 0.3) is 17.2 Å². The Morgan fingerprint density at radius 1 is 1.12 bits per heavy atom. The molecule has 4 aromatic rings. The van der Waals surface area contributed by atoms with E-state index in [1.165, 1.54) is 5.56 Å². The topological polar surface area (TPSA) is 94.4 Å². The number of nitriles is 1. The molecule has 5 rings (SSSR count). The van der Waals surface area contributed by atoms with Crippen LogP contribution in [0.5, 0.6) is 5.88 Å². The summed E-state index contributed by atoms with van der Waals surface area (Å²) in [4.78, 5) is 13.9. The van der Waals surface area contributed by atoms with E-state index in [4.69, 9.17) is 19.8 Å². The number of hydrogen-bond acceptors (Lipinski definition) is 6. The van der Waals surface area contributed by atoms with Crippen molar-refractivity contribution in [3.05, 3.63) is 71.6 Å². The molecule has 0 unspecified atom stereocenters. The molecule has 0 spiro atoms. The molecule has 1 aliphatic rings. The first-order valence-corrected chi connectivity index (χ1v) is 11.4. The van der Waals surface area contributed by atoms with Gasteiger partial charge in [0.1, 0.15) is 17.2 Å². The van der Waals surface area contributed by atoms with Crippen molar-refractivity contribution >= 4 is 0 Å². The minimum Gasteiger partial charge on any atom is -0.479 e. The summed E-state index contributed by atoms with van der Waals surface area (Å²) in [5, 5.41) is 14.2. The summed E-state index contributed by atoms with van der Waals surface area (Å²) in [6, 6.07) is 14.6. The van der Waals surface area contributed by atoms with Crippen LogP contribution in [0.3, 0.4) is 0 Å². The Labute approximate surface area is 198 Å². The number of benzene rings is 1. The number of pyridine rings is 1. The van der Waals surface area contributed by atoms with E-state index >= 15 is 0 Å². The van der Waals surface area contributed by atoms with E-state index in [1.54, 1.807) is 13.4 Å². The van der Waals surface area contributed by atoms with Crippen molar-refractivity contribution < 1.29 is 4.74 Å². The van der Waals surface area contributed by atoms with Crippen molar-refractivity contribution in [3.63, 3.8) is 0 Å². The molecular formula is C26H27N7O. The maximum absolute atomic E-state index is 9.44. The molecular weight excluding hydrogens is 426 g/mol. The number of fused-ring (bicyclic) bond motifs is 1. The molecule has 3 aromatic heterocycles. The average Bonchev–Trinajstić information content (AvgIpc) is 3.50. The summed E-state index contributed by atoms with van der Waals surface area (Å²) in [6.07, 6.45) is 5.71. The minimum atomic E-state index is -0.509. The second-order valence-corrected chi connectivity index (χ2v) is 9.22. The number of ether oxygens (including phenoxy) is 1. The zero-order valence-electron chi connectivity index (χ0n) is 19.9. The van der Waals surface area contributed by atoms with Crippen LogP contribution in [-0.4, -0.2) is 36.4 Å². The fourth-order valence-electron chi connectivity index (χ4n) is 4.43. The molecule has 1 aliphatic heterocycles. The molecule has 172 valence electrons. The third-order valence-electron chi connectivity index (χ3n) is 6.44. The Bertz CT molecular complexity index is 1380. The van der Waals surface area contributed by atoms with Gasteiger partial charge in [-0.1, -0.05) is 24.3 Å². The van der Waals surface area contributed by atoms with Gasteiger partial charge in [-0.25, -0.2) is 19.6 Å². The first-order chi connectivity index (χ1) is 16.4. The van der Waals surface area contributed by atoms with Crippen molar-refractivity contribution in [1.29, 1.82) is 5.26 Å². The Balaban J connectivity index is 1.48. The number of hydrogen-bond donors (Lipinski definition) is 0. The first-order valence-electron chi connectivity index (χ1n) is 11.4. The molecule has 1 atom stereocenters. The third kappa shape index (κ3) is 3.83. The van der Waals surface area contributed by atoms with Crippen molar-refractivity contribution in [2.24, 2.45) is 0 Å². The van der Waals surface area contributed by atoms with E-state index in [-0.39, 0.29) is 5.92 Å². The summed E-state index contributed by atoms with van der Waals surface area (Å²) in [5.74, 6) is 2.19. The highest BCUT2D eigenvalue weighted by molar-refractivity contribution is 5.55. The number of nitrogens with zero attached hydrogens (tertiary/aromatic N) is 7. The van der Waals surface area contributed by atoms with Gasteiger partial charge < -0.3 is 9.30 Å². The lowest BCUT2D eigenvalue weighted by Crippen LogP contribution is -2.18. The Hall–Kier alpha value is -3.99. The highest BCUT2D eigenvalue weighted by Gasteiger charge is 2.28. The average molecular weight is 454 g/mol. The standard InChI is InChI=1S/C26H27N7O/c1-17-14-32(16-28-17)22-12-11-21(29-25(22)34-4)23-30-24-20(6-5-13-33(24)31-23)18-7-9-19(10-8-18)26(2,3)15-27/h7-12,14,16,20H,5-6,13H2,1-4H3/t20-/m0/s1. The number of aromatic nitrogens is 6. The van der Waals surface area contributed by atoms with Gasteiger partial charge in [-0.2, -0.15) is 5.26 Å². The summed E-state index contributed by atoms with van der Waals surface area (Å²) in [6.45, 7) is 6.65. The predicted molar refractivity (Wildman–Crippen MR) is 128 cm³/mol. The van der Waals surface area contributed by atoms with E-state index in [9.17, 15) is 5.26 Å². The smallest absolute Gasteiger partial charge is 0.238 e. The van der Waals surface area contributed by atoms with E-state index in [0.29, 0.717) is 17.4 Å². The Kier molecular flexibility index (Phi) is 5.40. The minimum absolute atomic E-state index is 0.157. The van der Waals surface area contributed by atoms with Crippen LogP contribution in [0.2, 0.25) is 0 Å². The summed E-state index contributed by atoms with van der Waals surface area (Å²) in [7, 11) is 1.61. The van der Waals surface area contributed by atoms with Crippen LogP contribution >= 0.6 is 0 Å². The maximum Gasteiger partial charge on any atom is 0.238 e. The van der Waals surface area contributed by atoms with Crippen molar-refractivity contribution in [3.8, 4) is 29.2 Å². The van der Waals surface area contributed by atoms with Crippen molar-refractivity contribution in [2.45, 2.75) is 51.5 Å². The molecule has 0 saturated heterocycles. The van der Waals surface area contributed by atoms with Gasteiger partial charge in [-0.15, -0.1) is 5.10 Å². The fraction of sp³-hybridized carbons (Fsp3) is 0.346. The van der Waals surface area contributed by atoms with Crippen LogP contribution in [0.1, 0.15) is 55.3 Å². The molecule has 8 nitrogen and oxygen atoms in total. The molecule has 0 fully saturated rings. The van der Waals surface area contributed by atoms with E-state index in [0.717, 1.165) is 42.2 Å². The Morgan fingerprint density at radius 2 is 1.91 bits per heavy atom. The second-order valence-electron chi connectivity index (χ2n) is 9.22. The molecule has 34 heavy (non-hydrogen) atoms. The number of methoxy groups -OCH3 is 1. The van der Waals surface area contributed by atoms with Gasteiger partial charge in [0.05, 0.1) is 30.6 Å². The van der Waals surface area contributed by atoms with Crippen LogP contribution in [0.4, 0.5) is 0 Å². The van der Waals surface area contributed by atoms with E-state index in [2.05, 4.69) is 35.3 Å². The van der Waals surface area contributed by atoms with Gasteiger partial charge >= 0.3 is 0 Å². The van der Waals surface area contributed by atoms with Crippen LogP contribution in [0, 0.1) is 18.3 Å². The van der Waals surface area contributed by atoms with Gasteiger partial charge in [0.25, 0.3) is 0 Å². The van der Waals surface area contributed by atoms with Gasteiger partial charge in [-0.05, 0) is 56.9 Å². The molecule has 0 radical (unpaired) electrons. The van der Waals surface area contributed by atoms with Crippen LogP contribution in [-0.2, 0) is 12.0 Å². The zero-order chi connectivity index (χ0) is 23.9. The van der Waals surface area contributed by atoms with E-state index < -0.39 is 5.41 Å². The first kappa shape index (κ1) is 21.8. The largest absolute Gasteiger partial charge is 0.479 e. The molecule has 8 heteroatoms. The monoisotopic (exact) mass is 453 g/mol. The number of rotatable bonds is 5. The molecule has 1 aromatic carbocycles. The summed E-state index contributed by atoms with van der Waals surface area (Å²) >= 11 is 0. The van der Waals surface area contributed by atoms with Crippen molar-refractivity contribution in [2.75, 3.05) is 7.11 Å². The highest BCUT2D eigenvalue weighted by atomic mass is 16.5. The summed E-state index contributed by atoms with van der Waals surface area (Å²) < 4.78 is 9.46. The van der Waals surface area contributed by atoms with E-state index in [1.807, 2.05) is 48.3 Å². The molecule has 4 heterocycles. The SMILES string of the molecule is COc1nc(-c2nc3n(n2)CCC[C@H]3c2ccc(C(C)(C)C#N)cc2)ccc1-n1cnc(C)c1. The van der Waals surface area contributed by atoms with Crippen LogP contribution < -0.4 is 4.74 Å². The van der Waals surface area contributed by atoms with Gasteiger partial charge in [0.2, 0.25) is 5.88 Å². The Morgan fingerprint density at radius 3 is 2.59 bits per heavy atom. The second kappa shape index (κ2) is 8.41. The predicted octanol–water partition coefficient (Wildman–Crippen LogP) is 4.57. The lowest BCUT2D eigenvalue weighted by molar-refractivity contribution is 0.396. The fourth-order valence-corrected chi connectivity index (χ4v) is 4.43. The van der Waals surface area contributed by atoms with Gasteiger partial charge in [0, 0.05) is 18.7 Å². The molecule has 0 saturated carbocycles. The van der Waals surface area contributed by atoms with Gasteiger partial charge in [0.15, 0.2) is 5.82 Å². The number of imidazole rings is 1. The summed E-state index contributed by atoms with van der Waals surface area (Å²) in [5.41, 5.74) is 4.10. The molecule has 0 bridgehead atoms. The molecule has 0 amide bonds. The normalized spacial score (nSPS) is 15.6. The van der Waals surface area contributed by atoms with Gasteiger partial charge in [-0.3, -0.25) is 0 Å². The van der Waals surface area contributed by atoms with Crippen molar-refractivity contribution in [1.82, 2.24) is 29.3 Å².